The van der Waals surface area contributed by atoms with Gasteiger partial charge >= 0.3 is 0 Å². The van der Waals surface area contributed by atoms with Gasteiger partial charge in [0.25, 0.3) is 0 Å². The van der Waals surface area contributed by atoms with E-state index in [4.69, 9.17) is 4.74 Å². The first kappa shape index (κ1) is 16.5. The van der Waals surface area contributed by atoms with E-state index in [9.17, 15) is 0 Å². The van der Waals surface area contributed by atoms with Gasteiger partial charge in [-0.15, -0.1) is 11.3 Å². The molecule has 0 aliphatic rings. The summed E-state index contributed by atoms with van der Waals surface area (Å²) in [5, 5.41) is 3.63. The van der Waals surface area contributed by atoms with Gasteiger partial charge in [0.05, 0.1) is 18.3 Å². The van der Waals surface area contributed by atoms with Crippen LogP contribution >= 0.6 is 27.3 Å². The predicted molar refractivity (Wildman–Crippen MR) is 92.3 cm³/mol. The monoisotopic (exact) mass is 368 g/mol. The highest BCUT2D eigenvalue weighted by atomic mass is 79.9. The summed E-state index contributed by atoms with van der Waals surface area (Å²) in [6.45, 7) is 5.27. The Balaban J connectivity index is 2.24. The van der Waals surface area contributed by atoms with Gasteiger partial charge in [-0.2, -0.15) is 0 Å². The van der Waals surface area contributed by atoms with E-state index >= 15 is 0 Å². The summed E-state index contributed by atoms with van der Waals surface area (Å²) in [5.41, 5.74) is 4.29. The summed E-state index contributed by atoms with van der Waals surface area (Å²) < 4.78 is 6.46. The van der Waals surface area contributed by atoms with Crippen molar-refractivity contribution in [2.45, 2.75) is 32.7 Å². The van der Waals surface area contributed by atoms with Crippen LogP contribution in [-0.2, 0) is 6.42 Å². The van der Waals surface area contributed by atoms with Crippen molar-refractivity contribution in [1.82, 2.24) is 10.3 Å². The minimum atomic E-state index is 0.292. The molecule has 0 aliphatic heterocycles. The number of aromatic nitrogens is 1. The number of aryl methyl sites for hydroxylation is 1. The van der Waals surface area contributed by atoms with Crippen molar-refractivity contribution in [2.75, 3.05) is 13.7 Å². The Morgan fingerprint density at radius 3 is 2.86 bits per heavy atom. The number of thiazole rings is 1. The van der Waals surface area contributed by atoms with E-state index in [0.29, 0.717) is 6.04 Å². The van der Waals surface area contributed by atoms with Gasteiger partial charge in [0, 0.05) is 15.4 Å². The Hall–Kier alpha value is -0.910. The van der Waals surface area contributed by atoms with Crippen LogP contribution in [0.2, 0.25) is 0 Å². The van der Waals surface area contributed by atoms with Crippen LogP contribution in [0.4, 0.5) is 0 Å². The van der Waals surface area contributed by atoms with Gasteiger partial charge in [0.2, 0.25) is 0 Å². The molecule has 1 atom stereocenters. The average Bonchev–Trinajstić information content (AvgIpc) is 2.91. The molecular formula is C16H21BrN2OS. The molecule has 0 spiro atoms. The number of benzene rings is 1. The summed E-state index contributed by atoms with van der Waals surface area (Å²) in [6.07, 6.45) is 2.04. The van der Waals surface area contributed by atoms with Gasteiger partial charge < -0.3 is 10.1 Å². The summed E-state index contributed by atoms with van der Waals surface area (Å²) in [6, 6.07) is 6.41. The molecule has 1 unspecified atom stereocenters. The summed E-state index contributed by atoms with van der Waals surface area (Å²) in [5.74, 6) is 0.892. The van der Waals surface area contributed by atoms with E-state index in [1.54, 1.807) is 18.4 Å². The predicted octanol–water partition coefficient (Wildman–Crippen LogP) is 4.51. The van der Waals surface area contributed by atoms with Crippen LogP contribution in [0.3, 0.4) is 0 Å². The average molecular weight is 369 g/mol. The smallest absolute Gasteiger partial charge is 0.119 e. The van der Waals surface area contributed by atoms with Gasteiger partial charge in [-0.25, -0.2) is 4.98 Å². The van der Waals surface area contributed by atoms with Crippen molar-refractivity contribution in [3.05, 3.63) is 44.3 Å². The van der Waals surface area contributed by atoms with Crippen molar-refractivity contribution in [1.29, 1.82) is 0 Å². The second-order valence-electron chi connectivity index (χ2n) is 4.97. The third-order valence-electron chi connectivity index (χ3n) is 3.42. The van der Waals surface area contributed by atoms with Gasteiger partial charge in [-0.1, -0.05) is 22.9 Å². The number of ether oxygens (including phenoxy) is 1. The van der Waals surface area contributed by atoms with E-state index in [1.165, 1.54) is 10.4 Å². The van der Waals surface area contributed by atoms with Crippen LogP contribution in [0, 0.1) is 6.92 Å². The Labute approximate surface area is 138 Å². The van der Waals surface area contributed by atoms with Gasteiger partial charge in [0.1, 0.15) is 5.75 Å². The Bertz CT molecular complexity index is 585. The molecule has 1 aromatic heterocycles. The van der Waals surface area contributed by atoms with E-state index in [-0.39, 0.29) is 0 Å². The number of methoxy groups -OCH3 is 1. The molecule has 0 fully saturated rings. The number of halogens is 1. The maximum atomic E-state index is 5.34. The highest BCUT2D eigenvalue weighted by molar-refractivity contribution is 9.10. The largest absolute Gasteiger partial charge is 0.497 e. The van der Waals surface area contributed by atoms with E-state index in [2.05, 4.69) is 46.1 Å². The highest BCUT2D eigenvalue weighted by Gasteiger charge is 2.17. The van der Waals surface area contributed by atoms with E-state index < -0.39 is 0 Å². The van der Waals surface area contributed by atoms with Gasteiger partial charge in [0.15, 0.2) is 0 Å². The minimum absolute atomic E-state index is 0.292. The van der Waals surface area contributed by atoms with Crippen LogP contribution in [0.25, 0.3) is 0 Å². The summed E-state index contributed by atoms with van der Waals surface area (Å²) >= 11 is 5.37. The molecule has 1 N–H and O–H groups in total. The summed E-state index contributed by atoms with van der Waals surface area (Å²) in [4.78, 5) is 5.70. The zero-order valence-electron chi connectivity index (χ0n) is 12.6. The molecule has 2 rings (SSSR count). The molecule has 0 radical (unpaired) electrons. The first-order chi connectivity index (χ1) is 10.2. The van der Waals surface area contributed by atoms with Crippen LogP contribution in [0.1, 0.15) is 35.5 Å². The maximum Gasteiger partial charge on any atom is 0.119 e. The maximum absolute atomic E-state index is 5.34. The third kappa shape index (κ3) is 4.28. The number of rotatable bonds is 7. The molecule has 1 heterocycles. The first-order valence-corrected chi connectivity index (χ1v) is 8.78. The molecule has 0 amide bonds. The lowest BCUT2D eigenvalue weighted by Crippen LogP contribution is -2.24. The van der Waals surface area contributed by atoms with Crippen molar-refractivity contribution in [3.8, 4) is 5.75 Å². The number of hydrogen-bond donors (Lipinski definition) is 1. The van der Waals surface area contributed by atoms with Crippen molar-refractivity contribution in [3.63, 3.8) is 0 Å². The fourth-order valence-corrected chi connectivity index (χ4v) is 3.56. The normalized spacial score (nSPS) is 12.4. The van der Waals surface area contributed by atoms with Crippen molar-refractivity contribution in [2.24, 2.45) is 0 Å². The first-order valence-electron chi connectivity index (χ1n) is 7.11. The lowest BCUT2D eigenvalue weighted by atomic mass is 10.0. The summed E-state index contributed by atoms with van der Waals surface area (Å²) in [7, 11) is 1.70. The third-order valence-corrected chi connectivity index (χ3v) is 5.24. The second kappa shape index (κ2) is 7.92. The fourth-order valence-electron chi connectivity index (χ4n) is 2.28. The van der Waals surface area contributed by atoms with Crippen molar-refractivity contribution >= 4 is 27.3 Å². The van der Waals surface area contributed by atoms with Crippen molar-refractivity contribution < 1.29 is 4.74 Å². The molecule has 1 aromatic carbocycles. The van der Waals surface area contributed by atoms with Crippen LogP contribution in [0.15, 0.2) is 28.2 Å². The second-order valence-corrected chi connectivity index (χ2v) is 6.71. The Morgan fingerprint density at radius 1 is 1.43 bits per heavy atom. The zero-order chi connectivity index (χ0) is 15.2. The Morgan fingerprint density at radius 2 is 2.24 bits per heavy atom. The fraction of sp³-hybridized carbons (Fsp3) is 0.438. The number of nitrogens with zero attached hydrogens (tertiary/aromatic N) is 1. The van der Waals surface area contributed by atoms with E-state index in [0.717, 1.165) is 35.3 Å². The zero-order valence-corrected chi connectivity index (χ0v) is 15.1. The van der Waals surface area contributed by atoms with Crippen LogP contribution in [-0.4, -0.2) is 18.6 Å². The topological polar surface area (TPSA) is 34.1 Å². The Kier molecular flexibility index (Phi) is 6.21. The van der Waals surface area contributed by atoms with E-state index in [1.807, 2.05) is 17.6 Å². The SMILES string of the molecule is CCCNC(Cc1cc(OC)ccc1Br)c1scnc1C. The molecule has 114 valence electrons. The molecular weight excluding hydrogens is 348 g/mol. The van der Waals surface area contributed by atoms with Crippen LogP contribution < -0.4 is 10.1 Å². The lowest BCUT2D eigenvalue weighted by Gasteiger charge is -2.19. The quantitative estimate of drug-likeness (QED) is 0.780. The highest BCUT2D eigenvalue weighted by Crippen LogP contribution is 2.30. The lowest BCUT2D eigenvalue weighted by molar-refractivity contribution is 0.413. The van der Waals surface area contributed by atoms with Gasteiger partial charge in [-0.05, 0) is 50.1 Å². The molecule has 5 heteroatoms. The molecule has 0 bridgehead atoms. The molecule has 3 nitrogen and oxygen atoms in total. The number of nitrogens with one attached hydrogen (secondary N) is 1. The van der Waals surface area contributed by atoms with Crippen LogP contribution in [0.5, 0.6) is 5.75 Å². The minimum Gasteiger partial charge on any atom is -0.497 e. The molecule has 0 aliphatic carbocycles. The molecule has 21 heavy (non-hydrogen) atoms. The standard InChI is InChI=1S/C16H21BrN2OS/c1-4-7-18-15(16-11(2)19-10-21-16)9-12-8-13(20-3)5-6-14(12)17/h5-6,8,10,15,18H,4,7,9H2,1-3H3. The number of hydrogen-bond acceptors (Lipinski definition) is 4. The molecule has 0 saturated carbocycles. The molecule has 2 aromatic rings. The van der Waals surface area contributed by atoms with Gasteiger partial charge in [-0.3, -0.25) is 0 Å². The molecule has 0 saturated heterocycles.